The molecule has 1 fully saturated rings. The lowest BCUT2D eigenvalue weighted by molar-refractivity contribution is -0.261. The molecule has 0 aromatic heterocycles. The zero-order valence-corrected chi connectivity index (χ0v) is 21.6. The van der Waals surface area contributed by atoms with Gasteiger partial charge >= 0.3 is 5.97 Å². The predicted molar refractivity (Wildman–Crippen MR) is 144 cm³/mol. The van der Waals surface area contributed by atoms with Crippen molar-refractivity contribution in [2.24, 2.45) is 0 Å². The normalized spacial score (nSPS) is 22.8. The van der Waals surface area contributed by atoms with E-state index in [4.69, 9.17) is 23.7 Å². The van der Waals surface area contributed by atoms with E-state index in [0.29, 0.717) is 19.8 Å². The molecule has 1 aliphatic heterocycles. The summed E-state index contributed by atoms with van der Waals surface area (Å²) in [6, 6.07) is 29.8. The van der Waals surface area contributed by atoms with Crippen LogP contribution in [0.15, 0.2) is 109 Å². The minimum absolute atomic E-state index is 0.0207. The van der Waals surface area contributed by atoms with Crippen molar-refractivity contribution < 1.29 is 28.5 Å². The Morgan fingerprint density at radius 2 is 1.21 bits per heavy atom. The van der Waals surface area contributed by atoms with Crippen molar-refractivity contribution in [1.82, 2.24) is 0 Å². The summed E-state index contributed by atoms with van der Waals surface area (Å²) in [5.41, 5.74) is 5.89. The molecular formula is C32H34O6. The van der Waals surface area contributed by atoms with E-state index in [1.54, 1.807) is 6.08 Å². The van der Waals surface area contributed by atoms with Gasteiger partial charge in [-0.3, -0.25) is 4.79 Å². The van der Waals surface area contributed by atoms with Crippen LogP contribution in [0, 0.1) is 0 Å². The van der Waals surface area contributed by atoms with Crippen LogP contribution in [0.3, 0.4) is 0 Å². The summed E-state index contributed by atoms with van der Waals surface area (Å²) in [5.74, 6) is -0.393. The highest BCUT2D eigenvalue weighted by Crippen LogP contribution is 2.31. The largest absolute Gasteiger partial charge is 0.463 e. The Morgan fingerprint density at radius 3 is 1.66 bits per heavy atom. The molecule has 6 heteroatoms. The third-order valence-electron chi connectivity index (χ3n) is 6.26. The number of hydrogen-bond acceptors (Lipinski definition) is 6. The molecule has 0 radical (unpaired) electrons. The fourth-order valence-corrected chi connectivity index (χ4v) is 4.41. The standard InChI is InChI=1S/C32H34O6/c1-3-13-28-30(35-20-25-14-7-4-8-15-25)32(37-22-27-18-11-6-12-19-27)31(29(38-28)23-34-24(2)33)36-21-26-16-9-5-10-17-26/h4-19,28-32H,1,20-23H2,2H3/t28-,29-,30+,31-,32-/m1/s1. The molecule has 3 aromatic carbocycles. The lowest BCUT2D eigenvalue weighted by Gasteiger charge is -2.45. The van der Waals surface area contributed by atoms with E-state index in [0.717, 1.165) is 16.7 Å². The van der Waals surface area contributed by atoms with Crippen molar-refractivity contribution >= 4 is 5.97 Å². The quantitative estimate of drug-likeness (QED) is 0.238. The Kier molecular flexibility index (Phi) is 10.5. The summed E-state index contributed by atoms with van der Waals surface area (Å²) in [7, 11) is 0. The van der Waals surface area contributed by atoms with Gasteiger partial charge in [-0.1, -0.05) is 97.6 Å². The maximum atomic E-state index is 11.7. The van der Waals surface area contributed by atoms with E-state index in [1.807, 2.05) is 91.0 Å². The number of hydrogen-bond donors (Lipinski definition) is 0. The van der Waals surface area contributed by atoms with Crippen LogP contribution < -0.4 is 0 Å². The molecule has 1 aliphatic rings. The van der Waals surface area contributed by atoms with Gasteiger partial charge in [0, 0.05) is 6.92 Å². The first-order chi connectivity index (χ1) is 18.6. The van der Waals surface area contributed by atoms with Gasteiger partial charge in [0.25, 0.3) is 0 Å². The molecule has 3 aromatic rings. The Balaban J connectivity index is 1.63. The minimum Gasteiger partial charge on any atom is -0.463 e. The number of carbonyl (C=O) groups excluding carboxylic acids is 1. The Labute approximate surface area is 224 Å². The van der Waals surface area contributed by atoms with E-state index in [-0.39, 0.29) is 6.61 Å². The average Bonchev–Trinajstić information content (AvgIpc) is 2.95. The smallest absolute Gasteiger partial charge is 0.302 e. The molecule has 0 amide bonds. The molecule has 0 aliphatic carbocycles. The molecule has 198 valence electrons. The van der Waals surface area contributed by atoms with Crippen molar-refractivity contribution in [1.29, 1.82) is 0 Å². The van der Waals surface area contributed by atoms with Crippen molar-refractivity contribution in [2.45, 2.75) is 57.3 Å². The first-order valence-electron chi connectivity index (χ1n) is 12.8. The molecule has 1 heterocycles. The average molecular weight is 515 g/mol. The van der Waals surface area contributed by atoms with Gasteiger partial charge in [-0.25, -0.2) is 0 Å². The second-order valence-electron chi connectivity index (χ2n) is 9.10. The first-order valence-corrected chi connectivity index (χ1v) is 12.8. The van der Waals surface area contributed by atoms with Crippen LogP contribution in [0.2, 0.25) is 0 Å². The fraction of sp³-hybridized carbons (Fsp3) is 0.312. The van der Waals surface area contributed by atoms with Gasteiger partial charge in [-0.2, -0.15) is 0 Å². The molecule has 0 spiro atoms. The van der Waals surface area contributed by atoms with Crippen LogP contribution in [0.4, 0.5) is 0 Å². The minimum atomic E-state index is -0.588. The zero-order chi connectivity index (χ0) is 26.6. The van der Waals surface area contributed by atoms with Gasteiger partial charge < -0.3 is 23.7 Å². The topological polar surface area (TPSA) is 63.2 Å². The molecule has 0 N–H and O–H groups in total. The Hall–Kier alpha value is -3.51. The summed E-state index contributed by atoms with van der Waals surface area (Å²) >= 11 is 0. The highest BCUT2D eigenvalue weighted by molar-refractivity contribution is 5.65. The van der Waals surface area contributed by atoms with E-state index in [9.17, 15) is 4.79 Å². The molecule has 6 nitrogen and oxygen atoms in total. The maximum Gasteiger partial charge on any atom is 0.302 e. The summed E-state index contributed by atoms with van der Waals surface area (Å²) in [4.78, 5) is 11.7. The highest BCUT2D eigenvalue weighted by atomic mass is 16.6. The lowest BCUT2D eigenvalue weighted by atomic mass is 9.93. The molecule has 5 atom stereocenters. The van der Waals surface area contributed by atoms with Crippen molar-refractivity contribution in [3.05, 3.63) is 126 Å². The third-order valence-corrected chi connectivity index (χ3v) is 6.26. The second-order valence-corrected chi connectivity index (χ2v) is 9.10. The van der Waals surface area contributed by atoms with Crippen LogP contribution in [0.25, 0.3) is 0 Å². The van der Waals surface area contributed by atoms with Crippen LogP contribution in [-0.2, 0) is 48.3 Å². The number of esters is 1. The van der Waals surface area contributed by atoms with Crippen LogP contribution in [0.1, 0.15) is 23.6 Å². The highest BCUT2D eigenvalue weighted by Gasteiger charge is 2.48. The SMILES string of the molecule is C=C=C[C@H]1O[C@H](COC(C)=O)[C@@H](OCc2ccccc2)[C@H](OCc2ccccc2)[C@H]1OCc1ccccc1. The van der Waals surface area contributed by atoms with E-state index in [2.05, 4.69) is 12.3 Å². The number of carbonyl (C=O) groups is 1. The van der Waals surface area contributed by atoms with Gasteiger partial charge in [-0.15, -0.1) is 5.73 Å². The monoisotopic (exact) mass is 514 g/mol. The lowest BCUT2D eigenvalue weighted by Crippen LogP contribution is -2.60. The zero-order valence-electron chi connectivity index (χ0n) is 21.6. The molecule has 38 heavy (non-hydrogen) atoms. The number of rotatable bonds is 12. The van der Waals surface area contributed by atoms with Gasteiger partial charge in [0.15, 0.2) is 0 Å². The van der Waals surface area contributed by atoms with Crippen molar-refractivity contribution in [2.75, 3.05) is 6.61 Å². The number of ether oxygens (including phenoxy) is 5. The second kappa shape index (κ2) is 14.4. The third kappa shape index (κ3) is 7.99. The molecule has 0 unspecified atom stereocenters. The van der Waals surface area contributed by atoms with Crippen LogP contribution in [0.5, 0.6) is 0 Å². The molecular weight excluding hydrogens is 480 g/mol. The summed E-state index contributed by atoms with van der Waals surface area (Å²) in [6.45, 7) is 6.20. The maximum absolute atomic E-state index is 11.7. The van der Waals surface area contributed by atoms with Gasteiger partial charge in [0.1, 0.15) is 37.1 Å². The van der Waals surface area contributed by atoms with Crippen LogP contribution in [-0.4, -0.2) is 43.1 Å². The summed E-state index contributed by atoms with van der Waals surface area (Å²) in [6.07, 6.45) is -1.03. The Morgan fingerprint density at radius 1 is 0.763 bits per heavy atom. The molecule has 4 rings (SSSR count). The molecule has 1 saturated heterocycles. The van der Waals surface area contributed by atoms with E-state index in [1.165, 1.54) is 6.92 Å². The first kappa shape index (κ1) is 27.5. The molecule has 0 bridgehead atoms. The van der Waals surface area contributed by atoms with Gasteiger partial charge in [0.2, 0.25) is 0 Å². The van der Waals surface area contributed by atoms with E-state index < -0.39 is 36.5 Å². The summed E-state index contributed by atoms with van der Waals surface area (Å²) in [5, 5.41) is 0. The van der Waals surface area contributed by atoms with E-state index >= 15 is 0 Å². The van der Waals surface area contributed by atoms with Crippen molar-refractivity contribution in [3.63, 3.8) is 0 Å². The number of benzene rings is 3. The van der Waals surface area contributed by atoms with Gasteiger partial charge in [-0.05, 0) is 22.8 Å². The predicted octanol–water partition coefficient (Wildman–Crippen LogP) is 5.41. The van der Waals surface area contributed by atoms with Crippen LogP contribution >= 0.6 is 0 Å². The molecule has 0 saturated carbocycles. The Bertz CT molecular complexity index is 1160. The van der Waals surface area contributed by atoms with Gasteiger partial charge in [0.05, 0.1) is 19.8 Å². The summed E-state index contributed by atoms with van der Waals surface area (Å²) < 4.78 is 31.2. The fourth-order valence-electron chi connectivity index (χ4n) is 4.41. The van der Waals surface area contributed by atoms with Crippen molar-refractivity contribution in [3.8, 4) is 0 Å².